The van der Waals surface area contributed by atoms with Crippen molar-refractivity contribution in [3.8, 4) is 5.75 Å². The second-order valence-electron chi connectivity index (χ2n) is 4.08. The average Bonchev–Trinajstić information content (AvgIpc) is 2.73. The quantitative estimate of drug-likeness (QED) is 0.823. The van der Waals surface area contributed by atoms with Crippen LogP contribution in [-0.4, -0.2) is 25.3 Å². The zero-order chi connectivity index (χ0) is 12.3. The number of nitrogens with two attached hydrogens (primary N) is 1. The van der Waals surface area contributed by atoms with Crippen molar-refractivity contribution in [3.05, 3.63) is 29.8 Å². The Bertz CT molecular complexity index is 389. The highest BCUT2D eigenvalue weighted by molar-refractivity contribution is 5.69. The van der Waals surface area contributed by atoms with Crippen LogP contribution in [0, 0.1) is 0 Å². The average molecular weight is 236 g/mol. The molecule has 1 fully saturated rings. The van der Waals surface area contributed by atoms with Gasteiger partial charge in [-0.25, -0.2) is 4.79 Å². The molecule has 1 unspecified atom stereocenters. The number of cyclic esters (lactones) is 1. The first-order valence-corrected chi connectivity index (χ1v) is 5.58. The van der Waals surface area contributed by atoms with Crippen molar-refractivity contribution in [2.75, 3.05) is 13.2 Å². The molecule has 0 aliphatic carbocycles. The fourth-order valence-electron chi connectivity index (χ4n) is 1.58. The maximum absolute atomic E-state index is 10.8. The van der Waals surface area contributed by atoms with Crippen LogP contribution < -0.4 is 15.8 Å². The molecule has 1 aromatic carbocycles. The van der Waals surface area contributed by atoms with Crippen molar-refractivity contribution in [1.82, 2.24) is 5.32 Å². The summed E-state index contributed by atoms with van der Waals surface area (Å²) in [6, 6.07) is 7.60. The van der Waals surface area contributed by atoms with Crippen LogP contribution >= 0.6 is 0 Å². The molecule has 17 heavy (non-hydrogen) atoms. The summed E-state index contributed by atoms with van der Waals surface area (Å²) >= 11 is 0. The summed E-state index contributed by atoms with van der Waals surface area (Å²) in [5, 5.41) is 2.57. The third-order valence-corrected chi connectivity index (χ3v) is 2.59. The SMILES string of the molecule is C[C@@H](N)c1ccc(OCC2CNC(=O)O2)cc1. The van der Waals surface area contributed by atoms with Gasteiger partial charge in [-0.05, 0) is 24.6 Å². The van der Waals surface area contributed by atoms with Gasteiger partial charge in [-0.2, -0.15) is 0 Å². The summed E-state index contributed by atoms with van der Waals surface area (Å²) in [6.45, 7) is 2.78. The van der Waals surface area contributed by atoms with Crippen LogP contribution in [0.3, 0.4) is 0 Å². The van der Waals surface area contributed by atoms with Gasteiger partial charge in [-0.1, -0.05) is 12.1 Å². The third-order valence-electron chi connectivity index (χ3n) is 2.59. The van der Waals surface area contributed by atoms with Crippen LogP contribution in [0.25, 0.3) is 0 Å². The number of benzene rings is 1. The van der Waals surface area contributed by atoms with Crippen LogP contribution in [0.2, 0.25) is 0 Å². The first-order valence-electron chi connectivity index (χ1n) is 5.58. The van der Waals surface area contributed by atoms with E-state index in [4.69, 9.17) is 15.2 Å². The zero-order valence-corrected chi connectivity index (χ0v) is 9.68. The van der Waals surface area contributed by atoms with Crippen LogP contribution in [0.4, 0.5) is 4.79 Å². The molecule has 0 aromatic heterocycles. The van der Waals surface area contributed by atoms with E-state index in [-0.39, 0.29) is 18.2 Å². The lowest BCUT2D eigenvalue weighted by atomic mass is 10.1. The van der Waals surface area contributed by atoms with E-state index >= 15 is 0 Å². The van der Waals surface area contributed by atoms with E-state index in [1.54, 1.807) is 0 Å². The van der Waals surface area contributed by atoms with Gasteiger partial charge in [0.2, 0.25) is 0 Å². The van der Waals surface area contributed by atoms with E-state index in [0.29, 0.717) is 13.2 Å². The minimum Gasteiger partial charge on any atom is -0.490 e. The number of alkyl carbamates (subject to hydrolysis) is 1. The molecule has 1 aromatic rings. The molecule has 1 heterocycles. The van der Waals surface area contributed by atoms with Crippen molar-refractivity contribution < 1.29 is 14.3 Å². The summed E-state index contributed by atoms with van der Waals surface area (Å²) in [7, 11) is 0. The van der Waals surface area contributed by atoms with Gasteiger partial charge in [0.15, 0.2) is 6.10 Å². The van der Waals surface area contributed by atoms with Crippen molar-refractivity contribution in [2.24, 2.45) is 5.73 Å². The molecule has 5 nitrogen and oxygen atoms in total. The largest absolute Gasteiger partial charge is 0.490 e. The Morgan fingerprint density at radius 2 is 2.24 bits per heavy atom. The van der Waals surface area contributed by atoms with Crippen molar-refractivity contribution in [1.29, 1.82) is 0 Å². The summed E-state index contributed by atoms with van der Waals surface area (Å²) in [5.74, 6) is 0.748. The standard InChI is InChI=1S/C12H16N2O3/c1-8(13)9-2-4-10(5-3-9)16-7-11-6-14-12(15)17-11/h2-5,8,11H,6-7,13H2,1H3,(H,14,15)/t8-,11?/m1/s1. The molecule has 3 N–H and O–H groups in total. The van der Waals surface area contributed by atoms with Crippen LogP contribution in [0.5, 0.6) is 5.75 Å². The van der Waals surface area contributed by atoms with Crippen molar-refractivity contribution >= 4 is 6.09 Å². The first-order chi connectivity index (χ1) is 8.15. The second kappa shape index (κ2) is 5.05. The number of rotatable bonds is 4. The highest BCUT2D eigenvalue weighted by Crippen LogP contribution is 2.16. The number of hydrogen-bond acceptors (Lipinski definition) is 4. The van der Waals surface area contributed by atoms with Gasteiger partial charge in [-0.3, -0.25) is 0 Å². The van der Waals surface area contributed by atoms with E-state index < -0.39 is 0 Å². The van der Waals surface area contributed by atoms with Gasteiger partial charge in [0.05, 0.1) is 6.54 Å². The Morgan fingerprint density at radius 1 is 1.53 bits per heavy atom. The lowest BCUT2D eigenvalue weighted by molar-refractivity contribution is 0.105. The molecule has 0 saturated carbocycles. The van der Waals surface area contributed by atoms with Gasteiger partial charge in [0.1, 0.15) is 12.4 Å². The van der Waals surface area contributed by atoms with Crippen LogP contribution in [-0.2, 0) is 4.74 Å². The summed E-state index contributed by atoms with van der Waals surface area (Å²) in [4.78, 5) is 10.8. The number of carbonyl (C=O) groups is 1. The Kier molecular flexibility index (Phi) is 3.49. The molecule has 1 aliphatic heterocycles. The molecule has 0 spiro atoms. The first kappa shape index (κ1) is 11.7. The minimum absolute atomic E-state index is 0.0176. The van der Waals surface area contributed by atoms with Crippen molar-refractivity contribution in [2.45, 2.75) is 19.1 Å². The Morgan fingerprint density at radius 3 is 2.76 bits per heavy atom. The van der Waals surface area contributed by atoms with E-state index in [1.807, 2.05) is 31.2 Å². The summed E-state index contributed by atoms with van der Waals surface area (Å²) in [6.07, 6.45) is -0.596. The number of nitrogens with one attached hydrogen (secondary N) is 1. The molecular formula is C12H16N2O3. The Balaban J connectivity index is 1.85. The predicted molar refractivity (Wildman–Crippen MR) is 62.8 cm³/mol. The number of hydrogen-bond donors (Lipinski definition) is 2. The monoisotopic (exact) mass is 236 g/mol. The third kappa shape index (κ3) is 3.10. The van der Waals surface area contributed by atoms with E-state index in [9.17, 15) is 4.79 Å². The molecule has 0 bridgehead atoms. The zero-order valence-electron chi connectivity index (χ0n) is 9.68. The molecule has 5 heteroatoms. The smallest absolute Gasteiger partial charge is 0.407 e. The van der Waals surface area contributed by atoms with Gasteiger partial charge in [0.25, 0.3) is 0 Å². The topological polar surface area (TPSA) is 73.6 Å². The maximum Gasteiger partial charge on any atom is 0.407 e. The minimum atomic E-state index is -0.383. The predicted octanol–water partition coefficient (Wildman–Crippen LogP) is 1.19. The van der Waals surface area contributed by atoms with E-state index in [1.165, 1.54) is 0 Å². The molecule has 92 valence electrons. The second-order valence-corrected chi connectivity index (χ2v) is 4.08. The number of ether oxygens (including phenoxy) is 2. The van der Waals surface area contributed by atoms with Crippen molar-refractivity contribution in [3.63, 3.8) is 0 Å². The lowest BCUT2D eigenvalue weighted by Crippen LogP contribution is -2.21. The lowest BCUT2D eigenvalue weighted by Gasteiger charge is -2.11. The van der Waals surface area contributed by atoms with Gasteiger partial charge >= 0.3 is 6.09 Å². The fourth-order valence-corrected chi connectivity index (χ4v) is 1.58. The summed E-state index contributed by atoms with van der Waals surface area (Å²) in [5.41, 5.74) is 6.81. The Hall–Kier alpha value is -1.75. The van der Waals surface area contributed by atoms with E-state index in [2.05, 4.69) is 5.32 Å². The number of carbonyl (C=O) groups excluding carboxylic acids is 1. The molecule has 0 radical (unpaired) electrons. The molecule has 2 rings (SSSR count). The highest BCUT2D eigenvalue weighted by Gasteiger charge is 2.22. The Labute approximate surface area is 99.9 Å². The molecule has 2 atom stereocenters. The number of amides is 1. The normalized spacial score (nSPS) is 20.6. The van der Waals surface area contributed by atoms with Gasteiger partial charge in [0, 0.05) is 6.04 Å². The highest BCUT2D eigenvalue weighted by atomic mass is 16.6. The van der Waals surface area contributed by atoms with E-state index in [0.717, 1.165) is 11.3 Å². The molecular weight excluding hydrogens is 220 g/mol. The fraction of sp³-hybridized carbons (Fsp3) is 0.417. The van der Waals surface area contributed by atoms with Gasteiger partial charge < -0.3 is 20.5 Å². The van der Waals surface area contributed by atoms with Gasteiger partial charge in [-0.15, -0.1) is 0 Å². The van der Waals surface area contributed by atoms with Crippen LogP contribution in [0.15, 0.2) is 24.3 Å². The molecule has 1 amide bonds. The maximum atomic E-state index is 10.8. The molecule has 1 aliphatic rings. The van der Waals surface area contributed by atoms with Crippen LogP contribution in [0.1, 0.15) is 18.5 Å². The molecule has 1 saturated heterocycles. The summed E-state index contributed by atoms with van der Waals surface area (Å²) < 4.78 is 10.5.